The third-order valence-electron chi connectivity index (χ3n) is 3.00. The fraction of sp³-hybridized carbons (Fsp3) is 0.400. The molecule has 0 radical (unpaired) electrons. The Kier molecular flexibility index (Phi) is 4.93. The largest absolute Gasteiger partial charge is 0.396 e. The van der Waals surface area contributed by atoms with Crippen LogP contribution in [-0.4, -0.2) is 16.7 Å². The van der Waals surface area contributed by atoms with E-state index in [2.05, 4.69) is 41.5 Å². The van der Waals surface area contributed by atoms with Crippen molar-refractivity contribution < 1.29 is 5.11 Å². The Hall–Kier alpha value is -1.39. The molecule has 0 spiro atoms. The smallest absolute Gasteiger partial charge is 0.0900 e. The quantitative estimate of drug-likeness (QED) is 0.851. The van der Waals surface area contributed by atoms with Crippen LogP contribution in [-0.2, 0) is 13.0 Å². The summed E-state index contributed by atoms with van der Waals surface area (Å²) in [6.45, 7) is 5.16. The van der Waals surface area contributed by atoms with Crippen LogP contribution < -0.4 is 5.32 Å². The number of aryl methyl sites for hydroxylation is 3. The molecule has 0 aliphatic heterocycles. The monoisotopic (exact) mass is 276 g/mol. The van der Waals surface area contributed by atoms with Gasteiger partial charge in [-0.1, -0.05) is 12.1 Å². The minimum atomic E-state index is 0.247. The molecule has 0 amide bonds. The molecule has 2 rings (SSSR count). The number of hydrogen-bond acceptors (Lipinski definition) is 4. The highest BCUT2D eigenvalue weighted by atomic mass is 32.1. The highest BCUT2D eigenvalue weighted by Gasteiger charge is 2.04. The summed E-state index contributed by atoms with van der Waals surface area (Å²) in [6.07, 6.45) is 1.74. The van der Waals surface area contributed by atoms with Crippen LogP contribution in [0.5, 0.6) is 0 Å². The van der Waals surface area contributed by atoms with Crippen molar-refractivity contribution in [3.05, 3.63) is 45.4 Å². The lowest BCUT2D eigenvalue weighted by Gasteiger charge is -2.07. The standard InChI is InChI=1S/C15H20N2OS/c1-11-15(19-12(2)17-11)10-16-14-7-3-5-13(9-14)6-4-8-18/h3,5,7,9,16,18H,4,6,8,10H2,1-2H3. The molecule has 0 unspecified atom stereocenters. The maximum atomic E-state index is 8.86. The zero-order valence-electron chi connectivity index (χ0n) is 11.4. The molecule has 1 heterocycles. The number of aliphatic hydroxyl groups is 1. The van der Waals surface area contributed by atoms with Gasteiger partial charge in [-0.3, -0.25) is 0 Å². The third-order valence-corrected chi connectivity index (χ3v) is 4.08. The number of rotatable bonds is 6. The number of nitrogens with one attached hydrogen (secondary N) is 1. The highest BCUT2D eigenvalue weighted by Crippen LogP contribution is 2.19. The zero-order chi connectivity index (χ0) is 13.7. The summed E-state index contributed by atoms with van der Waals surface area (Å²) in [5.74, 6) is 0. The number of hydrogen-bond donors (Lipinski definition) is 2. The highest BCUT2D eigenvalue weighted by molar-refractivity contribution is 7.11. The fourth-order valence-electron chi connectivity index (χ4n) is 2.04. The van der Waals surface area contributed by atoms with Crippen molar-refractivity contribution in [2.24, 2.45) is 0 Å². The van der Waals surface area contributed by atoms with E-state index < -0.39 is 0 Å². The summed E-state index contributed by atoms with van der Waals surface area (Å²) < 4.78 is 0. The molecular weight excluding hydrogens is 256 g/mol. The Morgan fingerprint density at radius 1 is 1.32 bits per heavy atom. The first-order valence-corrected chi connectivity index (χ1v) is 7.37. The summed E-state index contributed by atoms with van der Waals surface area (Å²) >= 11 is 1.75. The van der Waals surface area contributed by atoms with Gasteiger partial charge in [0.2, 0.25) is 0 Å². The third kappa shape index (κ3) is 4.04. The first-order valence-electron chi connectivity index (χ1n) is 6.55. The van der Waals surface area contributed by atoms with Crippen molar-refractivity contribution in [3.63, 3.8) is 0 Å². The minimum Gasteiger partial charge on any atom is -0.396 e. The van der Waals surface area contributed by atoms with Crippen LogP contribution in [0.15, 0.2) is 24.3 Å². The fourth-order valence-corrected chi connectivity index (χ4v) is 2.92. The van der Waals surface area contributed by atoms with Crippen LogP contribution in [0.1, 0.15) is 27.6 Å². The average Bonchev–Trinajstić information content (AvgIpc) is 2.73. The van der Waals surface area contributed by atoms with E-state index in [9.17, 15) is 0 Å². The van der Waals surface area contributed by atoms with Crippen molar-refractivity contribution in [1.29, 1.82) is 0 Å². The van der Waals surface area contributed by atoms with Crippen LogP contribution in [0.25, 0.3) is 0 Å². The molecule has 1 aromatic heterocycles. The molecule has 0 fully saturated rings. The van der Waals surface area contributed by atoms with Gasteiger partial charge in [0.25, 0.3) is 0 Å². The van der Waals surface area contributed by atoms with Crippen molar-refractivity contribution in [2.75, 3.05) is 11.9 Å². The molecule has 0 aliphatic carbocycles. The Labute approximate surface area is 118 Å². The molecule has 2 aromatic rings. The van der Waals surface area contributed by atoms with Crippen molar-refractivity contribution in [2.45, 2.75) is 33.2 Å². The second-order valence-electron chi connectivity index (χ2n) is 4.62. The molecule has 19 heavy (non-hydrogen) atoms. The lowest BCUT2D eigenvalue weighted by molar-refractivity contribution is 0.288. The molecule has 1 aromatic carbocycles. The van der Waals surface area contributed by atoms with Gasteiger partial charge in [0, 0.05) is 17.2 Å². The number of thiazole rings is 1. The van der Waals surface area contributed by atoms with Crippen LogP contribution in [0, 0.1) is 13.8 Å². The van der Waals surface area contributed by atoms with Crippen LogP contribution in [0.2, 0.25) is 0 Å². The summed E-state index contributed by atoms with van der Waals surface area (Å²) in [4.78, 5) is 5.72. The normalized spacial score (nSPS) is 10.7. The molecule has 0 bridgehead atoms. The van der Waals surface area contributed by atoms with E-state index in [1.54, 1.807) is 11.3 Å². The molecule has 4 heteroatoms. The molecule has 0 saturated heterocycles. The Morgan fingerprint density at radius 2 is 2.16 bits per heavy atom. The van der Waals surface area contributed by atoms with E-state index in [4.69, 9.17) is 5.11 Å². The van der Waals surface area contributed by atoms with E-state index in [0.29, 0.717) is 0 Å². The van der Waals surface area contributed by atoms with Crippen LogP contribution in [0.3, 0.4) is 0 Å². The average molecular weight is 276 g/mol. The van der Waals surface area contributed by atoms with E-state index >= 15 is 0 Å². The van der Waals surface area contributed by atoms with Crippen LogP contribution in [0.4, 0.5) is 5.69 Å². The van der Waals surface area contributed by atoms with E-state index in [0.717, 1.165) is 35.8 Å². The topological polar surface area (TPSA) is 45.2 Å². The van der Waals surface area contributed by atoms with Crippen molar-refractivity contribution in [1.82, 2.24) is 4.98 Å². The molecule has 0 atom stereocenters. The second-order valence-corrected chi connectivity index (χ2v) is 5.91. The van der Waals surface area contributed by atoms with Gasteiger partial charge in [-0.05, 0) is 44.4 Å². The number of aliphatic hydroxyl groups excluding tert-OH is 1. The number of benzene rings is 1. The molecule has 2 N–H and O–H groups in total. The molecule has 3 nitrogen and oxygen atoms in total. The van der Waals surface area contributed by atoms with Gasteiger partial charge >= 0.3 is 0 Å². The van der Waals surface area contributed by atoms with Crippen molar-refractivity contribution >= 4 is 17.0 Å². The van der Waals surface area contributed by atoms with Gasteiger partial charge in [0.15, 0.2) is 0 Å². The first-order chi connectivity index (χ1) is 9.19. The lowest BCUT2D eigenvalue weighted by Crippen LogP contribution is -2.00. The predicted molar refractivity (Wildman–Crippen MR) is 80.8 cm³/mol. The first kappa shape index (κ1) is 14.0. The van der Waals surface area contributed by atoms with Gasteiger partial charge in [-0.2, -0.15) is 0 Å². The van der Waals surface area contributed by atoms with Crippen LogP contribution >= 0.6 is 11.3 Å². The van der Waals surface area contributed by atoms with Crippen molar-refractivity contribution in [3.8, 4) is 0 Å². The number of nitrogens with zero attached hydrogens (tertiary/aromatic N) is 1. The van der Waals surface area contributed by atoms with E-state index in [-0.39, 0.29) is 6.61 Å². The van der Waals surface area contributed by atoms with E-state index in [1.165, 1.54) is 10.4 Å². The minimum absolute atomic E-state index is 0.247. The summed E-state index contributed by atoms with van der Waals surface area (Å²) in [5.41, 5.74) is 3.50. The van der Waals surface area contributed by atoms with Gasteiger partial charge in [-0.15, -0.1) is 11.3 Å². The van der Waals surface area contributed by atoms with Gasteiger partial charge in [-0.25, -0.2) is 4.98 Å². The Bertz CT molecular complexity index is 537. The maximum Gasteiger partial charge on any atom is 0.0900 e. The van der Waals surface area contributed by atoms with Gasteiger partial charge in [0.1, 0.15) is 0 Å². The van der Waals surface area contributed by atoms with Gasteiger partial charge < -0.3 is 10.4 Å². The number of anilines is 1. The summed E-state index contributed by atoms with van der Waals surface area (Å²) in [5, 5.41) is 13.4. The predicted octanol–water partition coefficient (Wildman–Crippen LogP) is 3.30. The molecule has 0 aliphatic rings. The summed E-state index contributed by atoms with van der Waals surface area (Å²) in [7, 11) is 0. The molecule has 0 saturated carbocycles. The van der Waals surface area contributed by atoms with E-state index in [1.807, 2.05) is 6.92 Å². The Morgan fingerprint density at radius 3 is 2.84 bits per heavy atom. The second kappa shape index (κ2) is 6.68. The number of aromatic nitrogens is 1. The molecule has 102 valence electrons. The SMILES string of the molecule is Cc1nc(C)c(CNc2cccc(CCCO)c2)s1. The summed E-state index contributed by atoms with van der Waals surface area (Å²) in [6, 6.07) is 8.38. The van der Waals surface area contributed by atoms with Gasteiger partial charge in [0.05, 0.1) is 17.2 Å². The Balaban J connectivity index is 1.97. The maximum absolute atomic E-state index is 8.86. The zero-order valence-corrected chi connectivity index (χ0v) is 12.3. The molecular formula is C15H20N2OS. The lowest BCUT2D eigenvalue weighted by atomic mass is 10.1.